The molecule has 3 heteroatoms. The highest BCUT2D eigenvalue weighted by Crippen LogP contribution is 2.25. The van der Waals surface area contributed by atoms with E-state index in [0.29, 0.717) is 0 Å². The van der Waals surface area contributed by atoms with Gasteiger partial charge < -0.3 is 10.2 Å². The molecule has 18 heavy (non-hydrogen) atoms. The first-order valence-electron chi connectivity index (χ1n) is 7.24. The van der Waals surface area contributed by atoms with Gasteiger partial charge in [0.05, 0.1) is 0 Å². The molecule has 2 rings (SSSR count). The van der Waals surface area contributed by atoms with Crippen LogP contribution in [0.5, 0.6) is 0 Å². The number of rotatable bonds is 6. The third-order valence-corrected chi connectivity index (χ3v) is 3.70. The molecule has 1 unspecified atom stereocenters. The van der Waals surface area contributed by atoms with Crippen LogP contribution in [0.4, 0.5) is 5.82 Å². The van der Waals surface area contributed by atoms with Gasteiger partial charge in [0, 0.05) is 25.8 Å². The minimum atomic E-state index is 0.870. The summed E-state index contributed by atoms with van der Waals surface area (Å²) in [5, 5.41) is 3.37. The molecule has 1 fully saturated rings. The largest absolute Gasteiger partial charge is 0.356 e. The molecule has 3 nitrogen and oxygen atoms in total. The number of anilines is 1. The molecule has 1 aliphatic heterocycles. The summed E-state index contributed by atoms with van der Waals surface area (Å²) in [5.41, 5.74) is 1.33. The van der Waals surface area contributed by atoms with Crippen molar-refractivity contribution < 1.29 is 0 Å². The van der Waals surface area contributed by atoms with Crippen LogP contribution in [0.2, 0.25) is 0 Å². The van der Waals surface area contributed by atoms with Gasteiger partial charge in [-0.3, -0.25) is 0 Å². The van der Waals surface area contributed by atoms with Crippen LogP contribution in [0.15, 0.2) is 18.3 Å². The predicted molar refractivity (Wildman–Crippen MR) is 76.8 cm³/mol. The third-order valence-electron chi connectivity index (χ3n) is 3.70. The van der Waals surface area contributed by atoms with Crippen LogP contribution in [0.3, 0.4) is 0 Å². The second kappa shape index (κ2) is 6.74. The van der Waals surface area contributed by atoms with Crippen molar-refractivity contribution in [3.05, 3.63) is 23.9 Å². The summed E-state index contributed by atoms with van der Waals surface area (Å²) in [6.07, 6.45) is 5.92. The number of nitrogens with zero attached hydrogens (tertiary/aromatic N) is 2. The average molecular weight is 247 g/mol. The highest BCUT2D eigenvalue weighted by atomic mass is 15.2. The minimum Gasteiger partial charge on any atom is -0.356 e. The van der Waals surface area contributed by atoms with E-state index in [-0.39, 0.29) is 0 Å². The Labute approximate surface area is 111 Å². The van der Waals surface area contributed by atoms with E-state index < -0.39 is 0 Å². The predicted octanol–water partition coefficient (Wildman–Crippen LogP) is 2.82. The van der Waals surface area contributed by atoms with Crippen molar-refractivity contribution in [3.8, 4) is 0 Å². The molecular formula is C15H25N3. The number of hydrogen-bond acceptors (Lipinski definition) is 3. The fraction of sp³-hybridized carbons (Fsp3) is 0.667. The van der Waals surface area contributed by atoms with Crippen molar-refractivity contribution in [1.82, 2.24) is 10.3 Å². The molecule has 2 heterocycles. The van der Waals surface area contributed by atoms with E-state index in [2.05, 4.69) is 41.2 Å². The SMILES string of the molecule is CCCC1CCN(c2cc(CNCC)ccn2)C1. The lowest BCUT2D eigenvalue weighted by Gasteiger charge is -2.18. The van der Waals surface area contributed by atoms with Gasteiger partial charge in [0.25, 0.3) is 0 Å². The summed E-state index contributed by atoms with van der Waals surface area (Å²) >= 11 is 0. The lowest BCUT2D eigenvalue weighted by molar-refractivity contribution is 0.529. The van der Waals surface area contributed by atoms with Crippen LogP contribution >= 0.6 is 0 Å². The minimum absolute atomic E-state index is 0.870. The molecule has 0 aromatic carbocycles. The molecule has 1 aliphatic rings. The fourth-order valence-electron chi connectivity index (χ4n) is 2.70. The van der Waals surface area contributed by atoms with Crippen molar-refractivity contribution in [3.63, 3.8) is 0 Å². The lowest BCUT2D eigenvalue weighted by Crippen LogP contribution is -2.21. The Hall–Kier alpha value is -1.09. The molecule has 0 radical (unpaired) electrons. The molecule has 1 N–H and O–H groups in total. The maximum atomic E-state index is 4.52. The second-order valence-electron chi connectivity index (χ2n) is 5.19. The van der Waals surface area contributed by atoms with E-state index in [1.165, 1.54) is 37.9 Å². The zero-order valence-electron chi connectivity index (χ0n) is 11.7. The van der Waals surface area contributed by atoms with Gasteiger partial charge in [-0.05, 0) is 43.0 Å². The molecule has 0 saturated carbocycles. The number of aromatic nitrogens is 1. The van der Waals surface area contributed by atoms with Crippen LogP contribution in [-0.4, -0.2) is 24.6 Å². The van der Waals surface area contributed by atoms with E-state index in [4.69, 9.17) is 0 Å². The molecule has 0 amide bonds. The maximum Gasteiger partial charge on any atom is 0.128 e. The molecule has 0 spiro atoms. The van der Waals surface area contributed by atoms with Crippen LogP contribution in [0.25, 0.3) is 0 Å². The van der Waals surface area contributed by atoms with Gasteiger partial charge in [-0.1, -0.05) is 20.3 Å². The second-order valence-corrected chi connectivity index (χ2v) is 5.19. The van der Waals surface area contributed by atoms with Crippen LogP contribution in [0, 0.1) is 5.92 Å². The molecular weight excluding hydrogens is 222 g/mol. The highest BCUT2D eigenvalue weighted by Gasteiger charge is 2.22. The Bertz CT molecular complexity index is 365. The zero-order chi connectivity index (χ0) is 12.8. The smallest absolute Gasteiger partial charge is 0.128 e. The van der Waals surface area contributed by atoms with E-state index in [0.717, 1.165) is 24.8 Å². The Morgan fingerprint density at radius 1 is 1.44 bits per heavy atom. The summed E-state index contributed by atoms with van der Waals surface area (Å²) in [6.45, 7) is 8.72. The monoisotopic (exact) mass is 247 g/mol. The lowest BCUT2D eigenvalue weighted by atomic mass is 10.0. The van der Waals surface area contributed by atoms with Crippen molar-refractivity contribution >= 4 is 5.82 Å². The standard InChI is InChI=1S/C15H25N3/c1-3-5-13-7-9-18(12-13)15-10-14(6-8-17-15)11-16-4-2/h6,8,10,13,16H,3-5,7,9,11-12H2,1-2H3. The molecule has 1 aromatic rings. The topological polar surface area (TPSA) is 28.2 Å². The Kier molecular flexibility index (Phi) is 5.00. The van der Waals surface area contributed by atoms with E-state index in [1.54, 1.807) is 0 Å². The first-order valence-corrected chi connectivity index (χ1v) is 7.24. The highest BCUT2D eigenvalue weighted by molar-refractivity contribution is 5.42. The van der Waals surface area contributed by atoms with Crippen molar-refractivity contribution in [1.29, 1.82) is 0 Å². The molecule has 0 bridgehead atoms. The van der Waals surface area contributed by atoms with Gasteiger partial charge in [-0.2, -0.15) is 0 Å². The number of pyridine rings is 1. The summed E-state index contributed by atoms with van der Waals surface area (Å²) in [5.74, 6) is 2.03. The third kappa shape index (κ3) is 3.45. The van der Waals surface area contributed by atoms with Gasteiger partial charge >= 0.3 is 0 Å². The van der Waals surface area contributed by atoms with Crippen molar-refractivity contribution in [2.24, 2.45) is 5.92 Å². The fourth-order valence-corrected chi connectivity index (χ4v) is 2.70. The first-order chi connectivity index (χ1) is 8.83. The van der Waals surface area contributed by atoms with Crippen molar-refractivity contribution in [2.75, 3.05) is 24.5 Å². The normalized spacial score (nSPS) is 19.4. The Morgan fingerprint density at radius 2 is 2.33 bits per heavy atom. The Balaban J connectivity index is 1.96. The molecule has 1 saturated heterocycles. The van der Waals surface area contributed by atoms with Crippen LogP contribution < -0.4 is 10.2 Å². The van der Waals surface area contributed by atoms with Gasteiger partial charge in [0.2, 0.25) is 0 Å². The number of nitrogens with one attached hydrogen (secondary N) is 1. The van der Waals surface area contributed by atoms with E-state index >= 15 is 0 Å². The number of hydrogen-bond donors (Lipinski definition) is 1. The summed E-state index contributed by atoms with van der Waals surface area (Å²) in [7, 11) is 0. The van der Waals surface area contributed by atoms with Crippen molar-refractivity contribution in [2.45, 2.75) is 39.7 Å². The molecule has 1 atom stereocenters. The summed E-state index contributed by atoms with van der Waals surface area (Å²) in [6, 6.07) is 4.34. The molecule has 0 aliphatic carbocycles. The van der Waals surface area contributed by atoms with Gasteiger partial charge in [-0.25, -0.2) is 4.98 Å². The van der Waals surface area contributed by atoms with Gasteiger partial charge in [-0.15, -0.1) is 0 Å². The van der Waals surface area contributed by atoms with Crippen LogP contribution in [-0.2, 0) is 6.54 Å². The average Bonchev–Trinajstić information content (AvgIpc) is 2.86. The maximum absolute atomic E-state index is 4.52. The van der Waals surface area contributed by atoms with Crippen LogP contribution in [0.1, 0.15) is 38.7 Å². The van der Waals surface area contributed by atoms with E-state index in [9.17, 15) is 0 Å². The summed E-state index contributed by atoms with van der Waals surface area (Å²) in [4.78, 5) is 6.96. The van der Waals surface area contributed by atoms with E-state index in [1.807, 2.05) is 6.20 Å². The first kappa shape index (κ1) is 13.3. The summed E-state index contributed by atoms with van der Waals surface area (Å²) < 4.78 is 0. The quantitative estimate of drug-likeness (QED) is 0.838. The zero-order valence-corrected chi connectivity index (χ0v) is 11.7. The molecule has 1 aromatic heterocycles. The van der Waals surface area contributed by atoms with Gasteiger partial charge in [0.1, 0.15) is 5.82 Å². The Morgan fingerprint density at radius 3 is 3.11 bits per heavy atom. The molecule has 100 valence electrons. The van der Waals surface area contributed by atoms with Gasteiger partial charge in [0.15, 0.2) is 0 Å².